The van der Waals surface area contributed by atoms with E-state index in [4.69, 9.17) is 9.47 Å². The maximum Gasteiger partial charge on any atom is 0.410 e. The highest BCUT2D eigenvalue weighted by Crippen LogP contribution is 2.50. The molecule has 2 aromatic carbocycles. The molecule has 1 saturated heterocycles. The Bertz CT molecular complexity index is 959. The molecule has 0 saturated carbocycles. The summed E-state index contributed by atoms with van der Waals surface area (Å²) in [7, 11) is 0. The van der Waals surface area contributed by atoms with Crippen molar-refractivity contribution in [2.75, 3.05) is 13.1 Å². The van der Waals surface area contributed by atoms with E-state index in [-0.39, 0.29) is 24.2 Å². The minimum absolute atomic E-state index is 0.0491. The van der Waals surface area contributed by atoms with Gasteiger partial charge in [-0.15, -0.1) is 0 Å². The standard InChI is InChI=1S/C26H32N2O4/c1-25(2,3)32-24(30)28-15-13-26(14-16-28)17-22(20-11-7-8-12-21(20)26)27-23(29)31-18-19-9-5-4-6-10-19/h4-12,22H,13-18H2,1-3H3,(H,27,29)/t22-/m1/s1. The molecule has 6 heteroatoms. The summed E-state index contributed by atoms with van der Waals surface area (Å²) in [6, 6.07) is 17.9. The van der Waals surface area contributed by atoms with E-state index in [1.54, 1.807) is 4.90 Å². The molecule has 170 valence electrons. The maximum atomic E-state index is 12.5. The van der Waals surface area contributed by atoms with E-state index in [9.17, 15) is 9.59 Å². The van der Waals surface area contributed by atoms with Crippen molar-refractivity contribution >= 4 is 12.2 Å². The van der Waals surface area contributed by atoms with Crippen molar-refractivity contribution in [2.24, 2.45) is 0 Å². The van der Waals surface area contributed by atoms with Gasteiger partial charge in [0.1, 0.15) is 12.2 Å². The minimum atomic E-state index is -0.499. The Balaban J connectivity index is 1.40. The number of benzene rings is 2. The van der Waals surface area contributed by atoms with Crippen LogP contribution in [-0.4, -0.2) is 35.8 Å². The van der Waals surface area contributed by atoms with Gasteiger partial charge in [0.05, 0.1) is 6.04 Å². The fraction of sp³-hybridized carbons (Fsp3) is 0.462. The number of alkyl carbamates (subject to hydrolysis) is 1. The zero-order valence-corrected chi connectivity index (χ0v) is 19.1. The molecule has 0 radical (unpaired) electrons. The Morgan fingerprint density at radius 2 is 1.69 bits per heavy atom. The minimum Gasteiger partial charge on any atom is -0.445 e. The van der Waals surface area contributed by atoms with Gasteiger partial charge in [0, 0.05) is 18.5 Å². The molecule has 0 bridgehead atoms. The van der Waals surface area contributed by atoms with E-state index >= 15 is 0 Å². The number of nitrogens with zero attached hydrogens (tertiary/aromatic N) is 1. The van der Waals surface area contributed by atoms with Crippen molar-refractivity contribution < 1.29 is 19.1 Å². The number of likely N-dealkylation sites (tertiary alicyclic amines) is 1. The maximum absolute atomic E-state index is 12.5. The lowest BCUT2D eigenvalue weighted by atomic mass is 9.73. The fourth-order valence-electron chi connectivity index (χ4n) is 4.85. The molecular weight excluding hydrogens is 404 g/mol. The SMILES string of the molecule is CC(C)(C)OC(=O)N1CCC2(CC1)C[C@@H](NC(=O)OCc1ccccc1)c1ccccc12. The largest absolute Gasteiger partial charge is 0.445 e. The second kappa shape index (κ2) is 8.85. The highest BCUT2D eigenvalue weighted by Gasteiger charge is 2.46. The highest BCUT2D eigenvalue weighted by atomic mass is 16.6. The van der Waals surface area contributed by atoms with Crippen LogP contribution >= 0.6 is 0 Å². The predicted molar refractivity (Wildman–Crippen MR) is 122 cm³/mol. The van der Waals surface area contributed by atoms with Crippen LogP contribution in [0.1, 0.15) is 62.8 Å². The molecule has 1 aliphatic heterocycles. The normalized spacial score (nSPS) is 19.3. The number of hydrogen-bond acceptors (Lipinski definition) is 4. The number of carbonyl (C=O) groups is 2. The number of rotatable bonds is 3. The number of amides is 2. The molecule has 1 spiro atoms. The number of ether oxygens (including phenoxy) is 2. The molecular formula is C26H32N2O4. The Labute approximate surface area is 189 Å². The summed E-state index contributed by atoms with van der Waals surface area (Å²) in [5.41, 5.74) is 2.83. The molecule has 1 heterocycles. The molecule has 2 aromatic rings. The van der Waals surface area contributed by atoms with E-state index < -0.39 is 11.7 Å². The van der Waals surface area contributed by atoms with Gasteiger partial charge in [0.25, 0.3) is 0 Å². The summed E-state index contributed by atoms with van der Waals surface area (Å²) in [5, 5.41) is 3.08. The van der Waals surface area contributed by atoms with E-state index in [0.717, 1.165) is 30.4 Å². The lowest BCUT2D eigenvalue weighted by Gasteiger charge is -2.40. The molecule has 6 nitrogen and oxygen atoms in total. The summed E-state index contributed by atoms with van der Waals surface area (Å²) in [6.45, 7) is 7.20. The van der Waals surface area contributed by atoms with Gasteiger partial charge in [-0.2, -0.15) is 0 Å². The van der Waals surface area contributed by atoms with E-state index in [2.05, 4.69) is 23.5 Å². The number of carbonyl (C=O) groups excluding carboxylic acids is 2. The van der Waals surface area contributed by atoms with Gasteiger partial charge in [-0.25, -0.2) is 9.59 Å². The van der Waals surface area contributed by atoms with Gasteiger partial charge in [0.15, 0.2) is 0 Å². The van der Waals surface area contributed by atoms with E-state index in [0.29, 0.717) is 13.1 Å². The monoisotopic (exact) mass is 436 g/mol. The van der Waals surface area contributed by atoms with Crippen LogP contribution in [0.5, 0.6) is 0 Å². The summed E-state index contributed by atoms with van der Waals surface area (Å²) in [4.78, 5) is 26.8. The van der Waals surface area contributed by atoms with Crippen LogP contribution < -0.4 is 5.32 Å². The molecule has 2 aliphatic rings. The smallest absolute Gasteiger partial charge is 0.410 e. The Morgan fingerprint density at radius 3 is 2.38 bits per heavy atom. The number of nitrogens with one attached hydrogen (secondary N) is 1. The van der Waals surface area contributed by atoms with Gasteiger partial charge in [-0.3, -0.25) is 0 Å². The van der Waals surface area contributed by atoms with Crippen LogP contribution in [0.3, 0.4) is 0 Å². The van der Waals surface area contributed by atoms with Crippen molar-refractivity contribution in [3.05, 3.63) is 71.3 Å². The van der Waals surface area contributed by atoms with Crippen LogP contribution in [-0.2, 0) is 21.5 Å². The molecule has 1 N–H and O–H groups in total. The van der Waals surface area contributed by atoms with Crippen LogP contribution in [0, 0.1) is 0 Å². The highest BCUT2D eigenvalue weighted by molar-refractivity contribution is 5.69. The van der Waals surface area contributed by atoms with Crippen molar-refractivity contribution in [3.63, 3.8) is 0 Å². The summed E-state index contributed by atoms with van der Waals surface area (Å²) < 4.78 is 11.0. The fourth-order valence-corrected chi connectivity index (χ4v) is 4.85. The first kappa shape index (κ1) is 22.2. The molecule has 0 aromatic heterocycles. The summed E-state index contributed by atoms with van der Waals surface area (Å²) in [5.74, 6) is 0. The van der Waals surface area contributed by atoms with Gasteiger partial charge < -0.3 is 19.7 Å². The van der Waals surface area contributed by atoms with Crippen molar-refractivity contribution in [2.45, 2.75) is 63.7 Å². The first-order valence-electron chi connectivity index (χ1n) is 11.3. The number of fused-ring (bicyclic) bond motifs is 2. The van der Waals surface area contributed by atoms with Crippen LogP contribution in [0.2, 0.25) is 0 Å². The van der Waals surface area contributed by atoms with Crippen LogP contribution in [0.4, 0.5) is 9.59 Å². The second-order valence-corrected chi connectivity index (χ2v) is 9.80. The third kappa shape index (κ3) is 4.90. The van der Waals surface area contributed by atoms with Crippen molar-refractivity contribution in [1.29, 1.82) is 0 Å². The lowest BCUT2D eigenvalue weighted by Crippen LogP contribution is -2.46. The average Bonchev–Trinajstić information content (AvgIpc) is 3.05. The molecule has 32 heavy (non-hydrogen) atoms. The zero-order chi connectivity index (χ0) is 22.8. The molecule has 1 fully saturated rings. The van der Waals surface area contributed by atoms with E-state index in [1.165, 1.54) is 5.56 Å². The van der Waals surface area contributed by atoms with Crippen molar-refractivity contribution in [3.8, 4) is 0 Å². The quantitative estimate of drug-likeness (QED) is 0.706. The summed E-state index contributed by atoms with van der Waals surface area (Å²) >= 11 is 0. The molecule has 4 rings (SSSR count). The van der Waals surface area contributed by atoms with Gasteiger partial charge in [-0.05, 0) is 56.7 Å². The molecule has 1 atom stereocenters. The van der Waals surface area contributed by atoms with Gasteiger partial charge in [0.2, 0.25) is 0 Å². The lowest BCUT2D eigenvalue weighted by molar-refractivity contribution is 0.0161. The zero-order valence-electron chi connectivity index (χ0n) is 19.1. The van der Waals surface area contributed by atoms with E-state index in [1.807, 2.05) is 57.2 Å². The second-order valence-electron chi connectivity index (χ2n) is 9.80. The third-order valence-electron chi connectivity index (χ3n) is 6.38. The molecule has 0 unspecified atom stereocenters. The van der Waals surface area contributed by atoms with Crippen LogP contribution in [0.25, 0.3) is 0 Å². The van der Waals surface area contributed by atoms with Gasteiger partial charge >= 0.3 is 12.2 Å². The number of piperidine rings is 1. The Kier molecular flexibility index (Phi) is 6.13. The Hall–Kier alpha value is -3.02. The third-order valence-corrected chi connectivity index (χ3v) is 6.38. The average molecular weight is 437 g/mol. The predicted octanol–water partition coefficient (Wildman–Crippen LogP) is 5.33. The summed E-state index contributed by atoms with van der Waals surface area (Å²) in [6.07, 6.45) is 1.85. The Morgan fingerprint density at radius 1 is 1.03 bits per heavy atom. The van der Waals surface area contributed by atoms with Crippen molar-refractivity contribution in [1.82, 2.24) is 10.2 Å². The first-order chi connectivity index (χ1) is 15.3. The number of hydrogen-bond donors (Lipinski definition) is 1. The molecule has 1 aliphatic carbocycles. The van der Waals surface area contributed by atoms with Crippen LogP contribution in [0.15, 0.2) is 54.6 Å². The molecule has 2 amide bonds. The topological polar surface area (TPSA) is 67.9 Å². The first-order valence-corrected chi connectivity index (χ1v) is 11.3. The van der Waals surface area contributed by atoms with Gasteiger partial charge in [-0.1, -0.05) is 54.6 Å².